The molecule has 2 rings (SSSR count). The zero-order valence-electron chi connectivity index (χ0n) is 9.25. The number of carboxylic acid groups (broad SMARTS) is 1. The van der Waals surface area contributed by atoms with Gasteiger partial charge < -0.3 is 9.52 Å². The highest BCUT2D eigenvalue weighted by molar-refractivity contribution is 5.87. The lowest BCUT2D eigenvalue weighted by molar-refractivity contribution is -0.153. The van der Waals surface area contributed by atoms with E-state index in [0.29, 0.717) is 12.0 Å². The smallest absolute Gasteiger partial charge is 0.452 e. The number of carboxylic acids is 1. The second-order valence-corrected chi connectivity index (χ2v) is 3.97. The maximum Gasteiger partial charge on any atom is 0.452 e. The maximum atomic E-state index is 12.6. The van der Waals surface area contributed by atoms with E-state index < -0.39 is 23.6 Å². The van der Waals surface area contributed by atoms with Crippen LogP contribution in [0.25, 0.3) is 5.57 Å². The fourth-order valence-electron chi connectivity index (χ4n) is 1.83. The first kappa shape index (κ1) is 12.7. The average molecular weight is 261 g/mol. The quantitative estimate of drug-likeness (QED) is 0.886. The minimum absolute atomic E-state index is 0.237. The Hall–Kier alpha value is -1.79. The summed E-state index contributed by atoms with van der Waals surface area (Å²) in [7, 11) is 0. The van der Waals surface area contributed by atoms with Gasteiger partial charge in [0.1, 0.15) is 0 Å². The van der Waals surface area contributed by atoms with Crippen LogP contribution in [-0.2, 0) is 6.18 Å². The molecule has 0 aromatic carbocycles. The first-order valence-electron chi connectivity index (χ1n) is 5.40. The van der Waals surface area contributed by atoms with Crippen LogP contribution in [0.1, 0.15) is 47.8 Å². The summed E-state index contributed by atoms with van der Waals surface area (Å²) in [6.45, 7) is 0. The summed E-state index contributed by atoms with van der Waals surface area (Å²) >= 11 is 0. The molecule has 1 aromatic rings. The van der Waals surface area contributed by atoms with Crippen LogP contribution < -0.4 is 0 Å². The standard InChI is InChI=1S/C11H10F3NO3/c12-11(13,14)8-7(10(16)17)15-9(18-8)6-4-2-1-3-5-6/h4H,1-3,5H2,(H,16,17). The second-order valence-electron chi connectivity index (χ2n) is 3.97. The molecule has 0 atom stereocenters. The van der Waals surface area contributed by atoms with Crippen LogP contribution in [0, 0.1) is 0 Å². The van der Waals surface area contributed by atoms with Crippen molar-refractivity contribution in [3.8, 4) is 0 Å². The highest BCUT2D eigenvalue weighted by atomic mass is 19.4. The van der Waals surface area contributed by atoms with Crippen LogP contribution in [0.15, 0.2) is 10.5 Å². The van der Waals surface area contributed by atoms with E-state index >= 15 is 0 Å². The Bertz CT molecular complexity index is 502. The van der Waals surface area contributed by atoms with Crippen molar-refractivity contribution < 1.29 is 27.5 Å². The molecule has 0 unspecified atom stereocenters. The molecule has 0 spiro atoms. The normalized spacial score (nSPS) is 16.5. The zero-order chi connectivity index (χ0) is 13.3. The lowest BCUT2D eigenvalue weighted by atomic mass is 10.00. The van der Waals surface area contributed by atoms with Crippen LogP contribution in [0.3, 0.4) is 0 Å². The Morgan fingerprint density at radius 3 is 2.56 bits per heavy atom. The third kappa shape index (κ3) is 2.39. The SMILES string of the molecule is O=C(O)c1nc(C2=CCCCC2)oc1C(F)(F)F. The third-order valence-corrected chi connectivity index (χ3v) is 2.65. The summed E-state index contributed by atoms with van der Waals surface area (Å²) in [6, 6.07) is 0. The van der Waals surface area contributed by atoms with E-state index in [-0.39, 0.29) is 5.89 Å². The lowest BCUT2D eigenvalue weighted by Crippen LogP contribution is -2.10. The summed E-state index contributed by atoms with van der Waals surface area (Å²) in [5.74, 6) is -3.52. The summed E-state index contributed by atoms with van der Waals surface area (Å²) in [5, 5.41) is 8.70. The van der Waals surface area contributed by atoms with E-state index in [1.807, 2.05) is 0 Å². The number of halogens is 3. The largest absolute Gasteiger partial charge is 0.476 e. The van der Waals surface area contributed by atoms with Gasteiger partial charge in [0, 0.05) is 5.57 Å². The number of aromatic nitrogens is 1. The topological polar surface area (TPSA) is 63.3 Å². The minimum atomic E-state index is -4.85. The third-order valence-electron chi connectivity index (χ3n) is 2.65. The number of nitrogens with zero attached hydrogens (tertiary/aromatic N) is 1. The van der Waals surface area contributed by atoms with Crippen molar-refractivity contribution in [3.63, 3.8) is 0 Å². The van der Waals surface area contributed by atoms with Gasteiger partial charge in [0.05, 0.1) is 0 Å². The van der Waals surface area contributed by atoms with Crippen molar-refractivity contribution in [1.82, 2.24) is 4.98 Å². The number of hydrogen-bond donors (Lipinski definition) is 1. The molecular formula is C11H10F3NO3. The van der Waals surface area contributed by atoms with Gasteiger partial charge in [0.15, 0.2) is 5.69 Å². The van der Waals surface area contributed by atoms with Gasteiger partial charge in [0.25, 0.3) is 0 Å². The molecule has 18 heavy (non-hydrogen) atoms. The van der Waals surface area contributed by atoms with Crippen molar-refractivity contribution in [1.29, 1.82) is 0 Å². The Balaban J connectivity index is 2.45. The van der Waals surface area contributed by atoms with E-state index in [0.717, 1.165) is 19.3 Å². The van der Waals surface area contributed by atoms with E-state index in [2.05, 4.69) is 9.40 Å². The first-order valence-corrected chi connectivity index (χ1v) is 5.40. The molecule has 1 heterocycles. The molecule has 7 heteroatoms. The number of carbonyl (C=O) groups is 1. The van der Waals surface area contributed by atoms with Gasteiger partial charge in [-0.05, 0) is 25.7 Å². The molecule has 4 nitrogen and oxygen atoms in total. The summed E-state index contributed by atoms with van der Waals surface area (Å²) in [4.78, 5) is 14.2. The molecule has 0 amide bonds. The van der Waals surface area contributed by atoms with E-state index in [1.165, 1.54) is 0 Å². The second kappa shape index (κ2) is 4.47. The Morgan fingerprint density at radius 2 is 2.11 bits per heavy atom. The van der Waals surface area contributed by atoms with Crippen LogP contribution in [-0.4, -0.2) is 16.1 Å². The minimum Gasteiger partial charge on any atom is -0.476 e. The van der Waals surface area contributed by atoms with E-state index in [4.69, 9.17) is 5.11 Å². The Morgan fingerprint density at radius 1 is 1.39 bits per heavy atom. The first-order chi connectivity index (χ1) is 8.39. The van der Waals surface area contributed by atoms with Crippen molar-refractivity contribution >= 4 is 11.5 Å². The zero-order valence-corrected chi connectivity index (χ0v) is 9.25. The molecule has 0 saturated heterocycles. The number of allylic oxidation sites excluding steroid dienone is 2. The average Bonchev–Trinajstić information content (AvgIpc) is 2.74. The van der Waals surface area contributed by atoms with Crippen LogP contribution in [0.5, 0.6) is 0 Å². The molecule has 1 aromatic heterocycles. The van der Waals surface area contributed by atoms with Gasteiger partial charge >= 0.3 is 12.1 Å². The number of rotatable bonds is 2. The number of oxazole rings is 1. The van der Waals surface area contributed by atoms with Crippen molar-refractivity contribution in [2.24, 2.45) is 0 Å². The molecule has 0 radical (unpaired) electrons. The number of aromatic carboxylic acids is 1. The Labute approximate surface area is 100 Å². The van der Waals surface area contributed by atoms with Gasteiger partial charge in [-0.1, -0.05) is 6.08 Å². The van der Waals surface area contributed by atoms with Gasteiger partial charge in [0.2, 0.25) is 11.7 Å². The molecule has 0 fully saturated rings. The molecule has 98 valence electrons. The molecule has 1 N–H and O–H groups in total. The van der Waals surface area contributed by atoms with Gasteiger partial charge in [-0.25, -0.2) is 9.78 Å². The molecule has 1 aliphatic rings. The van der Waals surface area contributed by atoms with Gasteiger partial charge in [-0.15, -0.1) is 0 Å². The van der Waals surface area contributed by atoms with Crippen molar-refractivity contribution in [3.05, 3.63) is 23.4 Å². The molecule has 0 bridgehead atoms. The monoisotopic (exact) mass is 261 g/mol. The predicted octanol–water partition coefficient (Wildman–Crippen LogP) is 3.35. The summed E-state index contributed by atoms with van der Waals surface area (Å²) in [6.07, 6.45) is -0.0340. The Kier molecular flexibility index (Phi) is 3.14. The molecule has 0 aliphatic heterocycles. The van der Waals surface area contributed by atoms with Crippen molar-refractivity contribution in [2.75, 3.05) is 0 Å². The summed E-state index contributed by atoms with van der Waals surface area (Å²) < 4.78 is 42.3. The van der Waals surface area contributed by atoms with E-state index in [1.54, 1.807) is 6.08 Å². The van der Waals surface area contributed by atoms with Crippen LogP contribution in [0.4, 0.5) is 13.2 Å². The fourth-order valence-corrected chi connectivity index (χ4v) is 1.83. The maximum absolute atomic E-state index is 12.6. The van der Waals surface area contributed by atoms with Crippen LogP contribution in [0.2, 0.25) is 0 Å². The molecule has 0 saturated carbocycles. The predicted molar refractivity (Wildman–Crippen MR) is 54.9 cm³/mol. The van der Waals surface area contributed by atoms with Crippen molar-refractivity contribution in [2.45, 2.75) is 31.9 Å². The summed E-state index contributed by atoms with van der Waals surface area (Å²) in [5.41, 5.74) is -0.539. The lowest BCUT2D eigenvalue weighted by Gasteiger charge is -2.08. The van der Waals surface area contributed by atoms with Gasteiger partial charge in [-0.2, -0.15) is 13.2 Å². The fraction of sp³-hybridized carbons (Fsp3) is 0.455. The van der Waals surface area contributed by atoms with E-state index in [9.17, 15) is 18.0 Å². The highest BCUT2D eigenvalue weighted by Gasteiger charge is 2.42. The molecule has 1 aliphatic carbocycles. The number of hydrogen-bond acceptors (Lipinski definition) is 3. The molecular weight excluding hydrogens is 251 g/mol. The van der Waals surface area contributed by atoms with Crippen LogP contribution >= 0.6 is 0 Å². The number of alkyl halides is 3. The highest BCUT2D eigenvalue weighted by Crippen LogP contribution is 2.35. The van der Waals surface area contributed by atoms with Gasteiger partial charge in [-0.3, -0.25) is 0 Å².